The fourth-order valence-electron chi connectivity index (χ4n) is 6.15. The first-order valence-electron chi connectivity index (χ1n) is 13.1. The number of carbonyl (C=O) groups excluding carboxylic acids is 1. The van der Waals surface area contributed by atoms with Gasteiger partial charge in [-0.15, -0.1) is 0 Å². The second-order valence-electron chi connectivity index (χ2n) is 10.7. The van der Waals surface area contributed by atoms with Gasteiger partial charge in [-0.3, -0.25) is 14.6 Å². The molecule has 9 heteroatoms. The van der Waals surface area contributed by atoms with Gasteiger partial charge in [0.05, 0.1) is 36.9 Å². The van der Waals surface area contributed by atoms with Crippen LogP contribution in [0.4, 0.5) is 0 Å². The molecule has 9 nitrogen and oxygen atoms in total. The van der Waals surface area contributed by atoms with Crippen LogP contribution in [-0.4, -0.2) is 67.7 Å². The molecule has 4 heterocycles. The maximum Gasteiger partial charge on any atom is 0.231 e. The molecule has 1 aromatic carbocycles. The van der Waals surface area contributed by atoms with E-state index in [1.807, 2.05) is 28.0 Å². The lowest BCUT2D eigenvalue weighted by molar-refractivity contribution is -0.157. The average Bonchev–Trinajstić information content (AvgIpc) is 3.61. The first-order chi connectivity index (χ1) is 18.1. The molecule has 37 heavy (non-hydrogen) atoms. The minimum atomic E-state index is -0.544. The van der Waals surface area contributed by atoms with Crippen molar-refractivity contribution in [2.75, 3.05) is 26.8 Å². The lowest BCUT2D eigenvalue weighted by atomic mass is 9.68. The normalized spacial score (nSPS) is 18.5. The summed E-state index contributed by atoms with van der Waals surface area (Å²) < 4.78 is 7.66. The molecule has 0 unspecified atom stereocenters. The zero-order valence-electron chi connectivity index (χ0n) is 20.9. The summed E-state index contributed by atoms with van der Waals surface area (Å²) in [6, 6.07) is 8.53. The molecule has 2 aliphatic carbocycles. The third-order valence-electron chi connectivity index (χ3n) is 8.59. The fourth-order valence-corrected chi connectivity index (χ4v) is 6.15. The van der Waals surface area contributed by atoms with Crippen molar-refractivity contribution in [3.63, 3.8) is 0 Å². The summed E-state index contributed by atoms with van der Waals surface area (Å²) in [7, 11) is 1.68. The number of likely N-dealkylation sites (tertiary alicyclic amines) is 1. The number of pyridine rings is 1. The van der Waals surface area contributed by atoms with Gasteiger partial charge in [0.25, 0.3) is 0 Å². The number of aliphatic hydroxyl groups is 1. The van der Waals surface area contributed by atoms with Crippen molar-refractivity contribution in [1.82, 2.24) is 29.9 Å². The Balaban J connectivity index is 1.18. The van der Waals surface area contributed by atoms with Gasteiger partial charge >= 0.3 is 0 Å². The molecule has 2 N–H and O–H groups in total. The standard InChI is InChI=1S/C28H30N6O3/c1-37-23-11-22-26(30-25(23)21-8-3-6-17-5-2-7-20(17)21)24(32-31-22)18-12-29-34(13-18)19-14-33(15-19)27(36)28(16-35)9-4-10-28/h3,6,8,11-13,19,35H,2,4-5,7,9-10,14-16H2,1H3,(H,31,32). The lowest BCUT2D eigenvalue weighted by Gasteiger charge is -2.47. The van der Waals surface area contributed by atoms with Gasteiger partial charge in [-0.05, 0) is 43.2 Å². The van der Waals surface area contributed by atoms with Crippen molar-refractivity contribution >= 4 is 16.9 Å². The summed E-state index contributed by atoms with van der Waals surface area (Å²) in [5, 5.41) is 22.0. The highest BCUT2D eigenvalue weighted by Crippen LogP contribution is 2.44. The minimum absolute atomic E-state index is 0.0588. The number of hydrogen-bond donors (Lipinski definition) is 2. The fraction of sp³-hybridized carbons (Fsp3) is 0.429. The number of carbonyl (C=O) groups is 1. The van der Waals surface area contributed by atoms with Crippen LogP contribution in [0.3, 0.4) is 0 Å². The highest BCUT2D eigenvalue weighted by atomic mass is 16.5. The van der Waals surface area contributed by atoms with Crippen LogP contribution in [0, 0.1) is 5.41 Å². The van der Waals surface area contributed by atoms with Gasteiger partial charge < -0.3 is 14.7 Å². The number of nitrogens with one attached hydrogen (secondary N) is 1. The van der Waals surface area contributed by atoms with E-state index in [4.69, 9.17) is 9.72 Å². The van der Waals surface area contributed by atoms with Crippen LogP contribution in [0.1, 0.15) is 42.9 Å². The Hall–Kier alpha value is -3.72. The van der Waals surface area contributed by atoms with E-state index < -0.39 is 5.41 Å². The van der Waals surface area contributed by atoms with Crippen molar-refractivity contribution < 1.29 is 14.6 Å². The van der Waals surface area contributed by atoms with Crippen molar-refractivity contribution in [3.8, 4) is 28.3 Å². The average molecular weight is 499 g/mol. The summed E-state index contributed by atoms with van der Waals surface area (Å²) in [5.41, 5.74) is 7.40. The Morgan fingerprint density at radius 3 is 2.84 bits per heavy atom. The molecule has 190 valence electrons. The van der Waals surface area contributed by atoms with Gasteiger partial charge in [0.1, 0.15) is 22.7 Å². The van der Waals surface area contributed by atoms with Crippen LogP contribution in [0.2, 0.25) is 0 Å². The number of aliphatic hydroxyl groups excluding tert-OH is 1. The smallest absolute Gasteiger partial charge is 0.231 e. The van der Waals surface area contributed by atoms with Crippen LogP contribution in [0.25, 0.3) is 33.5 Å². The van der Waals surface area contributed by atoms with E-state index in [-0.39, 0.29) is 18.6 Å². The number of aryl methyl sites for hydroxylation is 1. The van der Waals surface area contributed by atoms with Crippen LogP contribution in [-0.2, 0) is 17.6 Å². The molecule has 4 aromatic rings. The van der Waals surface area contributed by atoms with Crippen molar-refractivity contribution in [3.05, 3.63) is 47.8 Å². The number of aromatic nitrogens is 5. The molecular formula is C28H30N6O3. The van der Waals surface area contributed by atoms with E-state index >= 15 is 0 Å². The molecule has 1 saturated heterocycles. The molecule has 0 bridgehead atoms. The molecule has 1 saturated carbocycles. The Morgan fingerprint density at radius 2 is 2.08 bits per heavy atom. The first kappa shape index (κ1) is 22.5. The molecular weight excluding hydrogens is 468 g/mol. The first-order valence-corrected chi connectivity index (χ1v) is 13.1. The molecule has 7 rings (SSSR count). The number of H-pyrrole nitrogens is 1. The third-order valence-corrected chi connectivity index (χ3v) is 8.59. The van der Waals surface area contributed by atoms with Crippen LogP contribution >= 0.6 is 0 Å². The number of methoxy groups -OCH3 is 1. The predicted molar refractivity (Wildman–Crippen MR) is 138 cm³/mol. The monoisotopic (exact) mass is 498 g/mol. The number of nitrogens with zero attached hydrogens (tertiary/aromatic N) is 5. The SMILES string of the molecule is COc1cc2[nH]nc(-c3cnn(C4CN(C(=O)C5(CO)CCC5)C4)c3)c2nc1-c1cccc2c1CCC2. The van der Waals surface area contributed by atoms with Crippen molar-refractivity contribution in [2.24, 2.45) is 5.41 Å². The molecule has 1 amide bonds. The van der Waals surface area contributed by atoms with Gasteiger partial charge in [0.2, 0.25) is 5.91 Å². The van der Waals surface area contributed by atoms with Gasteiger partial charge in [0.15, 0.2) is 0 Å². The highest BCUT2D eigenvalue weighted by Gasteiger charge is 2.48. The second kappa shape index (κ2) is 8.41. The predicted octanol–water partition coefficient (Wildman–Crippen LogP) is 3.53. The Kier molecular flexibility index (Phi) is 5.11. The van der Waals surface area contributed by atoms with Crippen LogP contribution in [0.5, 0.6) is 5.75 Å². The van der Waals surface area contributed by atoms with Gasteiger partial charge in [0, 0.05) is 36.5 Å². The number of rotatable bonds is 6. The zero-order chi connectivity index (χ0) is 25.1. The molecule has 0 atom stereocenters. The second-order valence-corrected chi connectivity index (χ2v) is 10.7. The van der Waals surface area contributed by atoms with E-state index in [9.17, 15) is 9.90 Å². The van der Waals surface area contributed by atoms with Gasteiger partial charge in [-0.25, -0.2) is 4.98 Å². The zero-order valence-corrected chi connectivity index (χ0v) is 20.9. The van der Waals surface area contributed by atoms with Gasteiger partial charge in [-0.2, -0.15) is 10.2 Å². The van der Waals surface area contributed by atoms with Crippen molar-refractivity contribution in [1.29, 1.82) is 0 Å². The summed E-state index contributed by atoms with van der Waals surface area (Å²) in [5.74, 6) is 0.811. The van der Waals surface area contributed by atoms with E-state index in [2.05, 4.69) is 33.5 Å². The van der Waals surface area contributed by atoms with E-state index in [0.29, 0.717) is 13.1 Å². The highest BCUT2D eigenvalue weighted by molar-refractivity contribution is 5.93. The summed E-state index contributed by atoms with van der Waals surface area (Å²) in [6.45, 7) is 1.17. The maximum absolute atomic E-state index is 12.9. The lowest BCUT2D eigenvalue weighted by Crippen LogP contribution is -2.58. The molecule has 3 aliphatic rings. The number of benzene rings is 1. The number of ether oxygens (including phenoxy) is 1. The van der Waals surface area contributed by atoms with Gasteiger partial charge in [-0.1, -0.05) is 24.6 Å². The maximum atomic E-state index is 12.9. The number of amides is 1. The summed E-state index contributed by atoms with van der Waals surface area (Å²) in [6.07, 6.45) is 9.71. The Bertz CT molecular complexity index is 1510. The quantitative estimate of drug-likeness (QED) is 0.421. The molecule has 3 aromatic heterocycles. The van der Waals surface area contributed by atoms with Crippen molar-refractivity contribution in [2.45, 2.75) is 44.6 Å². The topological polar surface area (TPSA) is 109 Å². The molecule has 1 aliphatic heterocycles. The molecule has 0 spiro atoms. The number of fused-ring (bicyclic) bond motifs is 2. The molecule has 2 fully saturated rings. The van der Waals surface area contributed by atoms with E-state index in [1.165, 1.54) is 11.1 Å². The Morgan fingerprint density at radius 1 is 1.22 bits per heavy atom. The number of aromatic amines is 1. The summed E-state index contributed by atoms with van der Waals surface area (Å²) in [4.78, 5) is 19.8. The van der Waals surface area contributed by atoms with E-state index in [0.717, 1.165) is 77.8 Å². The Labute approximate surface area is 214 Å². The van der Waals surface area contributed by atoms with Crippen LogP contribution in [0.15, 0.2) is 36.7 Å². The van der Waals surface area contributed by atoms with E-state index in [1.54, 1.807) is 7.11 Å². The largest absolute Gasteiger partial charge is 0.494 e. The molecule has 0 radical (unpaired) electrons. The summed E-state index contributed by atoms with van der Waals surface area (Å²) >= 11 is 0. The third kappa shape index (κ3) is 3.40. The minimum Gasteiger partial charge on any atom is -0.494 e. The van der Waals surface area contributed by atoms with Crippen LogP contribution < -0.4 is 4.74 Å². The number of hydrogen-bond acceptors (Lipinski definition) is 6.